The van der Waals surface area contributed by atoms with Crippen molar-refractivity contribution in [1.29, 1.82) is 0 Å². The molecule has 1 N–H and O–H groups in total. The van der Waals surface area contributed by atoms with Gasteiger partial charge < -0.3 is 10.1 Å². The zero-order chi connectivity index (χ0) is 29.4. The second-order valence-corrected chi connectivity index (χ2v) is 14.5. The first-order valence-corrected chi connectivity index (χ1v) is 16.8. The summed E-state index contributed by atoms with van der Waals surface area (Å²) < 4.78 is 61.4. The minimum Gasteiger partial charge on any atom is -0.492 e. The molecule has 0 aromatic heterocycles. The number of fused-ring (bicyclic) bond motifs is 1. The van der Waals surface area contributed by atoms with Gasteiger partial charge in [0.15, 0.2) is 0 Å². The van der Waals surface area contributed by atoms with Crippen molar-refractivity contribution in [3.05, 3.63) is 76.3 Å². The van der Waals surface area contributed by atoms with Crippen LogP contribution >= 0.6 is 23.2 Å². The van der Waals surface area contributed by atoms with E-state index in [1.54, 1.807) is 18.2 Å². The Morgan fingerprint density at radius 2 is 1.68 bits per heavy atom. The maximum absolute atomic E-state index is 13.4. The number of hydrogen-bond donors (Lipinski definition) is 1. The highest BCUT2D eigenvalue weighted by atomic mass is 35.5. The number of amides is 1. The third kappa shape index (κ3) is 6.05. The van der Waals surface area contributed by atoms with Gasteiger partial charge in [-0.15, -0.1) is 0 Å². The second kappa shape index (κ2) is 11.8. The van der Waals surface area contributed by atoms with Crippen molar-refractivity contribution in [2.45, 2.75) is 36.0 Å². The fourth-order valence-corrected chi connectivity index (χ4v) is 8.57. The zero-order valence-corrected chi connectivity index (χ0v) is 25.4. The van der Waals surface area contributed by atoms with Crippen molar-refractivity contribution in [3.8, 4) is 5.75 Å². The number of carbonyl (C=O) groups is 1. The van der Waals surface area contributed by atoms with Crippen LogP contribution in [0.1, 0.15) is 25.3 Å². The van der Waals surface area contributed by atoms with E-state index in [0.717, 1.165) is 5.56 Å². The molecule has 5 rings (SSSR count). The van der Waals surface area contributed by atoms with Crippen LogP contribution in [-0.4, -0.2) is 53.3 Å². The van der Waals surface area contributed by atoms with E-state index < -0.39 is 26.0 Å². The molecule has 218 valence electrons. The standard InChI is InChI=1S/C28H29Cl2N3O6S2/c1-2-39-27-12-11-24(17-25(27)30)40(35,36)32-14-3-4-20(18-32)28(34)31-22-8-5-19-13-15-33(26(19)16-22)41(37,38)23-9-6-21(29)7-10-23/h5-12,16-17,20H,2-4,13-15,18H2,1H3,(H,31,34). The van der Waals surface area contributed by atoms with Gasteiger partial charge in [0.1, 0.15) is 5.75 Å². The minimum absolute atomic E-state index is 0.0149. The van der Waals surface area contributed by atoms with Crippen molar-refractivity contribution in [2.75, 3.05) is 35.9 Å². The fourth-order valence-electron chi connectivity index (χ4n) is 5.09. The molecule has 3 aromatic rings. The fraction of sp³-hybridized carbons (Fsp3) is 0.321. The van der Waals surface area contributed by atoms with E-state index in [2.05, 4.69) is 5.32 Å². The van der Waals surface area contributed by atoms with Crippen LogP contribution in [0.15, 0.2) is 70.5 Å². The lowest BCUT2D eigenvalue weighted by Crippen LogP contribution is -2.43. The van der Waals surface area contributed by atoms with Crippen LogP contribution in [0.3, 0.4) is 0 Å². The molecule has 0 spiro atoms. The van der Waals surface area contributed by atoms with Crippen LogP contribution in [0, 0.1) is 5.92 Å². The number of rotatable bonds is 8. The summed E-state index contributed by atoms with van der Waals surface area (Å²) >= 11 is 12.2. The summed E-state index contributed by atoms with van der Waals surface area (Å²) in [6, 6.07) is 15.5. The highest BCUT2D eigenvalue weighted by Gasteiger charge is 2.35. The summed E-state index contributed by atoms with van der Waals surface area (Å²) in [5.41, 5.74) is 1.78. The summed E-state index contributed by atoms with van der Waals surface area (Å²) in [6.07, 6.45) is 1.57. The molecule has 9 nitrogen and oxygen atoms in total. The maximum atomic E-state index is 13.4. The average molecular weight is 639 g/mol. The van der Waals surface area contributed by atoms with E-state index in [4.69, 9.17) is 27.9 Å². The maximum Gasteiger partial charge on any atom is 0.264 e. The molecular weight excluding hydrogens is 609 g/mol. The quantitative estimate of drug-likeness (QED) is 0.364. The number of ether oxygens (including phenoxy) is 1. The number of nitrogens with zero attached hydrogens (tertiary/aromatic N) is 2. The molecule has 1 atom stereocenters. The summed E-state index contributed by atoms with van der Waals surface area (Å²) in [5.74, 6) is -0.517. The van der Waals surface area contributed by atoms with Crippen molar-refractivity contribution in [2.24, 2.45) is 5.92 Å². The van der Waals surface area contributed by atoms with Crippen molar-refractivity contribution >= 4 is 60.5 Å². The molecule has 0 saturated carbocycles. The first kappa shape index (κ1) is 29.7. The van der Waals surface area contributed by atoms with Gasteiger partial charge >= 0.3 is 0 Å². The monoisotopic (exact) mass is 637 g/mol. The summed E-state index contributed by atoms with van der Waals surface area (Å²) in [6.45, 7) is 2.79. The third-order valence-corrected chi connectivity index (χ3v) is 11.4. The Morgan fingerprint density at radius 3 is 2.39 bits per heavy atom. The van der Waals surface area contributed by atoms with E-state index in [9.17, 15) is 21.6 Å². The lowest BCUT2D eigenvalue weighted by Gasteiger charge is -2.31. The predicted octanol–water partition coefficient (Wildman–Crippen LogP) is 5.18. The molecule has 13 heteroatoms. The smallest absolute Gasteiger partial charge is 0.264 e. The van der Waals surface area contributed by atoms with E-state index in [1.807, 2.05) is 6.92 Å². The van der Waals surface area contributed by atoms with E-state index in [0.29, 0.717) is 48.0 Å². The molecule has 2 heterocycles. The van der Waals surface area contributed by atoms with Gasteiger partial charge in [0.05, 0.1) is 33.0 Å². The SMILES string of the molecule is CCOc1ccc(S(=O)(=O)N2CCCC(C(=O)Nc3ccc4c(c3)N(S(=O)(=O)c3ccc(Cl)cc3)CC4)C2)cc1Cl. The van der Waals surface area contributed by atoms with Crippen LogP contribution in [0.4, 0.5) is 11.4 Å². The number of halogens is 2. The molecule has 0 aliphatic carbocycles. The number of benzene rings is 3. The van der Waals surface area contributed by atoms with Gasteiger partial charge in [0.2, 0.25) is 15.9 Å². The highest BCUT2D eigenvalue weighted by molar-refractivity contribution is 7.92. The zero-order valence-electron chi connectivity index (χ0n) is 22.2. The topological polar surface area (TPSA) is 113 Å². The van der Waals surface area contributed by atoms with Gasteiger partial charge in [-0.3, -0.25) is 9.10 Å². The molecule has 1 fully saturated rings. The number of anilines is 2. The second-order valence-electron chi connectivity index (χ2n) is 9.84. The van der Waals surface area contributed by atoms with E-state index in [-0.39, 0.29) is 40.4 Å². The number of nitrogens with one attached hydrogen (secondary N) is 1. The lowest BCUT2D eigenvalue weighted by molar-refractivity contribution is -0.120. The molecule has 1 unspecified atom stereocenters. The molecule has 0 radical (unpaired) electrons. The molecule has 1 saturated heterocycles. The Morgan fingerprint density at radius 1 is 0.951 bits per heavy atom. The molecule has 0 bridgehead atoms. The van der Waals surface area contributed by atoms with Crippen LogP contribution in [0.5, 0.6) is 5.75 Å². The van der Waals surface area contributed by atoms with Crippen molar-refractivity contribution in [3.63, 3.8) is 0 Å². The van der Waals surface area contributed by atoms with Gasteiger partial charge in [0.25, 0.3) is 10.0 Å². The number of carbonyl (C=O) groups excluding carboxylic acids is 1. The molecule has 41 heavy (non-hydrogen) atoms. The summed E-state index contributed by atoms with van der Waals surface area (Å²) in [4.78, 5) is 13.4. The van der Waals surface area contributed by atoms with Crippen molar-refractivity contribution < 1.29 is 26.4 Å². The Bertz CT molecular complexity index is 1680. The van der Waals surface area contributed by atoms with Crippen LogP contribution < -0.4 is 14.4 Å². The van der Waals surface area contributed by atoms with Crippen LogP contribution in [0.2, 0.25) is 10.0 Å². The van der Waals surface area contributed by atoms with Gasteiger partial charge in [-0.1, -0.05) is 29.3 Å². The molecule has 3 aromatic carbocycles. The lowest BCUT2D eigenvalue weighted by atomic mass is 9.98. The van der Waals surface area contributed by atoms with Crippen molar-refractivity contribution in [1.82, 2.24) is 4.31 Å². The van der Waals surface area contributed by atoms with Gasteiger partial charge in [0, 0.05) is 30.3 Å². The Balaban J connectivity index is 1.31. The summed E-state index contributed by atoms with van der Waals surface area (Å²) in [5, 5.41) is 3.50. The van der Waals surface area contributed by atoms with Gasteiger partial charge in [-0.05, 0) is 86.3 Å². The first-order valence-electron chi connectivity index (χ1n) is 13.2. The third-order valence-electron chi connectivity index (χ3n) is 7.20. The average Bonchev–Trinajstić information content (AvgIpc) is 3.39. The predicted molar refractivity (Wildman–Crippen MR) is 159 cm³/mol. The first-order chi connectivity index (χ1) is 19.5. The molecule has 2 aliphatic heterocycles. The Labute approximate surface area is 250 Å². The highest BCUT2D eigenvalue weighted by Crippen LogP contribution is 2.36. The van der Waals surface area contributed by atoms with E-state index >= 15 is 0 Å². The van der Waals surface area contributed by atoms with E-state index in [1.165, 1.54) is 51.1 Å². The Kier molecular flexibility index (Phi) is 8.54. The number of piperidine rings is 1. The van der Waals surface area contributed by atoms with Gasteiger partial charge in [-0.2, -0.15) is 4.31 Å². The van der Waals surface area contributed by atoms with Crippen LogP contribution in [-0.2, 0) is 31.3 Å². The molecular formula is C28H29Cl2N3O6S2. The minimum atomic E-state index is -3.88. The molecule has 1 amide bonds. The molecule has 2 aliphatic rings. The normalized spacial score (nSPS) is 17.7. The Hall–Kier alpha value is -2.83. The number of hydrogen-bond acceptors (Lipinski definition) is 6. The largest absolute Gasteiger partial charge is 0.492 e. The van der Waals surface area contributed by atoms with Crippen LogP contribution in [0.25, 0.3) is 0 Å². The number of sulfonamides is 2. The van der Waals surface area contributed by atoms with Gasteiger partial charge in [-0.25, -0.2) is 16.8 Å². The summed E-state index contributed by atoms with van der Waals surface area (Å²) in [7, 11) is -7.71.